The van der Waals surface area contributed by atoms with Crippen LogP contribution < -0.4 is 10.2 Å². The van der Waals surface area contributed by atoms with Crippen LogP contribution in [-0.2, 0) is 16.0 Å². The van der Waals surface area contributed by atoms with Crippen LogP contribution in [-0.4, -0.2) is 24.4 Å². The number of anilines is 1. The highest BCUT2D eigenvalue weighted by atomic mass is 16.2. The molecule has 2 aliphatic rings. The molecule has 1 N–H and O–H groups in total. The zero-order valence-electron chi connectivity index (χ0n) is 14.0. The molecule has 5 nitrogen and oxygen atoms in total. The zero-order chi connectivity index (χ0) is 17.1. The summed E-state index contributed by atoms with van der Waals surface area (Å²) in [6, 6.07) is 10.1. The third kappa shape index (κ3) is 3.01. The van der Waals surface area contributed by atoms with Gasteiger partial charge in [0.05, 0.1) is 12.0 Å². The molecular formula is C19H23N3O2. The Kier molecular flexibility index (Phi) is 4.84. The minimum Gasteiger partial charge on any atom is -0.343 e. The molecule has 3 rings (SSSR count). The number of nitrogens with zero attached hydrogens (tertiary/aromatic N) is 2. The molecule has 0 aromatic heterocycles. The summed E-state index contributed by atoms with van der Waals surface area (Å²) in [5.41, 5.74) is 2.18. The lowest BCUT2D eigenvalue weighted by molar-refractivity contribution is -0.135. The Morgan fingerprint density at radius 2 is 1.96 bits per heavy atom. The van der Waals surface area contributed by atoms with Gasteiger partial charge in [0.25, 0.3) is 0 Å². The first kappa shape index (κ1) is 16.5. The van der Waals surface area contributed by atoms with Crippen molar-refractivity contribution < 1.29 is 9.59 Å². The molecule has 0 saturated heterocycles. The Morgan fingerprint density at radius 3 is 2.71 bits per heavy atom. The highest BCUT2D eigenvalue weighted by Gasteiger charge is 2.41. The van der Waals surface area contributed by atoms with Gasteiger partial charge >= 0.3 is 0 Å². The number of carbonyl (C=O) groups excluding carboxylic acids is 2. The van der Waals surface area contributed by atoms with Crippen molar-refractivity contribution in [3.63, 3.8) is 0 Å². The molecule has 1 aliphatic heterocycles. The largest absolute Gasteiger partial charge is 0.343 e. The summed E-state index contributed by atoms with van der Waals surface area (Å²) in [4.78, 5) is 27.5. The summed E-state index contributed by atoms with van der Waals surface area (Å²) in [6.07, 6.45) is 4.26. The minimum absolute atomic E-state index is 0.000799. The summed E-state index contributed by atoms with van der Waals surface area (Å²) >= 11 is 0. The second-order valence-electron chi connectivity index (χ2n) is 6.76. The van der Waals surface area contributed by atoms with Gasteiger partial charge in [0.2, 0.25) is 11.8 Å². The third-order valence-corrected chi connectivity index (χ3v) is 5.21. The Hall–Kier alpha value is -2.35. The fourth-order valence-electron chi connectivity index (χ4n) is 4.08. The molecular weight excluding hydrogens is 302 g/mol. The number of rotatable bonds is 3. The van der Waals surface area contributed by atoms with Crippen LogP contribution in [0.15, 0.2) is 24.3 Å². The van der Waals surface area contributed by atoms with Gasteiger partial charge in [-0.15, -0.1) is 0 Å². The molecule has 24 heavy (non-hydrogen) atoms. The molecule has 0 radical (unpaired) electrons. The van der Waals surface area contributed by atoms with Crippen LogP contribution >= 0.6 is 0 Å². The van der Waals surface area contributed by atoms with Crippen molar-refractivity contribution >= 4 is 17.5 Å². The van der Waals surface area contributed by atoms with Crippen molar-refractivity contribution in [1.29, 1.82) is 5.26 Å². The van der Waals surface area contributed by atoms with Gasteiger partial charge in [0.15, 0.2) is 0 Å². The predicted octanol–water partition coefficient (Wildman–Crippen LogP) is 2.41. The van der Waals surface area contributed by atoms with Crippen molar-refractivity contribution in [2.75, 3.05) is 11.4 Å². The maximum Gasteiger partial charge on any atom is 0.231 e. The van der Waals surface area contributed by atoms with Crippen molar-refractivity contribution in [3.05, 3.63) is 29.8 Å². The molecule has 1 aromatic carbocycles. The number of amides is 2. The number of carbonyl (C=O) groups is 2. The second-order valence-corrected chi connectivity index (χ2v) is 6.76. The topological polar surface area (TPSA) is 73.2 Å². The smallest absolute Gasteiger partial charge is 0.231 e. The summed E-state index contributed by atoms with van der Waals surface area (Å²) in [6.45, 7) is 2.06. The summed E-state index contributed by atoms with van der Waals surface area (Å²) in [7, 11) is 0. The number of hydrogen-bond donors (Lipinski definition) is 1. The van der Waals surface area contributed by atoms with E-state index >= 15 is 0 Å². The zero-order valence-corrected chi connectivity index (χ0v) is 14.0. The third-order valence-electron chi connectivity index (χ3n) is 5.21. The van der Waals surface area contributed by atoms with Crippen LogP contribution in [0.5, 0.6) is 0 Å². The van der Waals surface area contributed by atoms with E-state index in [4.69, 9.17) is 5.26 Å². The highest BCUT2D eigenvalue weighted by molar-refractivity contribution is 6.00. The molecule has 1 fully saturated rings. The van der Waals surface area contributed by atoms with E-state index < -0.39 is 0 Å². The van der Waals surface area contributed by atoms with E-state index in [2.05, 4.69) is 18.3 Å². The molecule has 1 saturated carbocycles. The fraction of sp³-hybridized carbons (Fsp3) is 0.526. The van der Waals surface area contributed by atoms with Crippen LogP contribution in [0.3, 0.4) is 0 Å². The first-order valence-electron chi connectivity index (χ1n) is 8.69. The van der Waals surface area contributed by atoms with Crippen LogP contribution in [0, 0.1) is 23.2 Å². The number of hydrogen-bond acceptors (Lipinski definition) is 3. The van der Waals surface area contributed by atoms with E-state index in [-0.39, 0.29) is 36.2 Å². The van der Waals surface area contributed by atoms with E-state index in [1.54, 1.807) is 0 Å². The fourth-order valence-corrected chi connectivity index (χ4v) is 4.08. The molecule has 1 heterocycles. The summed E-state index contributed by atoms with van der Waals surface area (Å²) in [5, 5.41) is 11.3. The molecule has 126 valence electrons. The standard InChI is InChI=1S/C19H23N3O2/c1-13-12-14-6-2-5-9-17(14)22(13)19(24)16-8-4-3-7-15(16)18(23)21-11-10-20/h2,5-6,9,13,15-16H,3-4,7-8,11-12H2,1H3,(H,21,23)/t13-,15+,16-/m1/s1. The van der Waals surface area contributed by atoms with Gasteiger partial charge in [-0.05, 0) is 37.8 Å². The van der Waals surface area contributed by atoms with Crippen molar-refractivity contribution in [1.82, 2.24) is 5.32 Å². The number of nitriles is 1. The number of benzene rings is 1. The van der Waals surface area contributed by atoms with Gasteiger partial charge in [-0.2, -0.15) is 5.26 Å². The highest BCUT2D eigenvalue weighted by Crippen LogP contribution is 2.37. The number of nitrogens with one attached hydrogen (secondary N) is 1. The Labute approximate surface area is 142 Å². The maximum atomic E-state index is 13.2. The first-order valence-corrected chi connectivity index (χ1v) is 8.69. The molecule has 3 atom stereocenters. The number of para-hydroxylation sites is 1. The van der Waals surface area contributed by atoms with Crippen molar-refractivity contribution in [2.45, 2.75) is 45.1 Å². The lowest BCUT2D eigenvalue weighted by Gasteiger charge is -2.34. The van der Waals surface area contributed by atoms with E-state index in [1.165, 1.54) is 5.56 Å². The Morgan fingerprint density at radius 1 is 1.25 bits per heavy atom. The average molecular weight is 325 g/mol. The quantitative estimate of drug-likeness (QED) is 0.867. The Bertz CT molecular complexity index is 679. The van der Waals surface area contributed by atoms with Gasteiger partial charge in [-0.25, -0.2) is 0 Å². The van der Waals surface area contributed by atoms with Gasteiger partial charge in [0.1, 0.15) is 6.54 Å². The van der Waals surface area contributed by atoms with Gasteiger partial charge in [0, 0.05) is 17.6 Å². The van der Waals surface area contributed by atoms with Crippen LogP contribution in [0.4, 0.5) is 5.69 Å². The van der Waals surface area contributed by atoms with Crippen LogP contribution in [0.1, 0.15) is 38.2 Å². The normalized spacial score (nSPS) is 25.7. The SMILES string of the molecule is C[C@@H]1Cc2ccccc2N1C(=O)[C@@H]1CCCC[C@@H]1C(=O)NCC#N. The van der Waals surface area contributed by atoms with Crippen LogP contribution in [0.2, 0.25) is 0 Å². The van der Waals surface area contributed by atoms with E-state index in [0.29, 0.717) is 0 Å². The monoisotopic (exact) mass is 325 g/mol. The second kappa shape index (κ2) is 7.04. The lowest BCUT2D eigenvalue weighted by atomic mass is 9.77. The molecule has 0 bridgehead atoms. The van der Waals surface area contributed by atoms with E-state index in [0.717, 1.165) is 37.8 Å². The average Bonchev–Trinajstić information content (AvgIpc) is 2.94. The maximum absolute atomic E-state index is 13.2. The Balaban J connectivity index is 1.82. The van der Waals surface area contributed by atoms with Crippen molar-refractivity contribution in [3.8, 4) is 6.07 Å². The van der Waals surface area contributed by atoms with Crippen LogP contribution in [0.25, 0.3) is 0 Å². The molecule has 0 unspecified atom stereocenters. The van der Waals surface area contributed by atoms with Gasteiger partial charge in [-0.1, -0.05) is 31.0 Å². The van der Waals surface area contributed by atoms with E-state index in [9.17, 15) is 9.59 Å². The van der Waals surface area contributed by atoms with Gasteiger partial charge < -0.3 is 10.2 Å². The lowest BCUT2D eigenvalue weighted by Crippen LogP contribution is -2.47. The molecule has 0 spiro atoms. The predicted molar refractivity (Wildman–Crippen MR) is 91.2 cm³/mol. The molecule has 1 aliphatic carbocycles. The summed E-state index contributed by atoms with van der Waals surface area (Å²) < 4.78 is 0. The van der Waals surface area contributed by atoms with Crippen molar-refractivity contribution in [2.24, 2.45) is 11.8 Å². The van der Waals surface area contributed by atoms with E-state index in [1.807, 2.05) is 29.2 Å². The molecule has 5 heteroatoms. The number of fused-ring (bicyclic) bond motifs is 1. The molecule has 2 amide bonds. The van der Waals surface area contributed by atoms with Gasteiger partial charge in [-0.3, -0.25) is 9.59 Å². The summed E-state index contributed by atoms with van der Waals surface area (Å²) in [5.74, 6) is -0.704. The minimum atomic E-state index is -0.320. The molecule has 1 aromatic rings. The first-order chi connectivity index (χ1) is 11.6.